The van der Waals surface area contributed by atoms with E-state index in [1.165, 1.54) is 12.1 Å². The summed E-state index contributed by atoms with van der Waals surface area (Å²) < 4.78 is 15.2. The standard InChI is InChI=1S/C20H18FN3O/c1-14-18-7-4-12-23(18)19-6-3-2-5-15(19)13-24(14)20(25)22-17-10-8-16(21)9-11-17/h2-12,14H,13H2,1H3,(H,22,25). The summed E-state index contributed by atoms with van der Waals surface area (Å²) in [5, 5.41) is 2.86. The molecule has 0 saturated carbocycles. The van der Waals surface area contributed by atoms with Crippen LogP contribution in [0.3, 0.4) is 0 Å². The van der Waals surface area contributed by atoms with Crippen LogP contribution in [0.1, 0.15) is 24.2 Å². The number of nitrogens with one attached hydrogen (secondary N) is 1. The van der Waals surface area contributed by atoms with E-state index in [0.717, 1.165) is 16.9 Å². The van der Waals surface area contributed by atoms with Crippen LogP contribution in [0, 0.1) is 5.82 Å². The first-order chi connectivity index (χ1) is 12.1. The Morgan fingerprint density at radius 3 is 2.64 bits per heavy atom. The van der Waals surface area contributed by atoms with E-state index in [4.69, 9.17) is 0 Å². The predicted molar refractivity (Wildman–Crippen MR) is 95.1 cm³/mol. The summed E-state index contributed by atoms with van der Waals surface area (Å²) in [7, 11) is 0. The van der Waals surface area contributed by atoms with E-state index >= 15 is 0 Å². The minimum atomic E-state index is -0.326. The average molecular weight is 335 g/mol. The molecule has 4 nitrogen and oxygen atoms in total. The van der Waals surface area contributed by atoms with Gasteiger partial charge < -0.3 is 14.8 Å². The summed E-state index contributed by atoms with van der Waals surface area (Å²) in [6, 6.07) is 17.6. The van der Waals surface area contributed by atoms with Gasteiger partial charge in [-0.1, -0.05) is 18.2 Å². The number of fused-ring (bicyclic) bond motifs is 3. The second kappa shape index (κ2) is 6.09. The fourth-order valence-electron chi connectivity index (χ4n) is 3.29. The Balaban J connectivity index is 1.68. The molecule has 126 valence electrons. The van der Waals surface area contributed by atoms with Gasteiger partial charge in [0.15, 0.2) is 0 Å². The monoisotopic (exact) mass is 335 g/mol. The van der Waals surface area contributed by atoms with Crippen molar-refractivity contribution in [1.29, 1.82) is 0 Å². The van der Waals surface area contributed by atoms with Gasteiger partial charge in [-0.05, 0) is 55.0 Å². The molecule has 1 N–H and O–H groups in total. The third kappa shape index (κ3) is 2.78. The number of benzene rings is 2. The van der Waals surface area contributed by atoms with Crippen LogP contribution >= 0.6 is 0 Å². The van der Waals surface area contributed by atoms with Gasteiger partial charge in [0.25, 0.3) is 0 Å². The van der Waals surface area contributed by atoms with Crippen LogP contribution in [0.2, 0.25) is 0 Å². The summed E-state index contributed by atoms with van der Waals surface area (Å²) in [6.07, 6.45) is 2.02. The molecule has 5 heteroatoms. The van der Waals surface area contributed by atoms with Crippen LogP contribution in [0.25, 0.3) is 5.69 Å². The smallest absolute Gasteiger partial charge is 0.318 e. The number of carbonyl (C=O) groups is 1. The zero-order valence-electron chi connectivity index (χ0n) is 13.8. The van der Waals surface area contributed by atoms with E-state index < -0.39 is 0 Å². The Morgan fingerprint density at radius 1 is 1.08 bits per heavy atom. The van der Waals surface area contributed by atoms with Crippen LogP contribution in [0.15, 0.2) is 66.9 Å². The Hall–Kier alpha value is -3.08. The van der Waals surface area contributed by atoms with Crippen molar-refractivity contribution in [2.45, 2.75) is 19.5 Å². The molecule has 0 radical (unpaired) electrons. The fourth-order valence-corrected chi connectivity index (χ4v) is 3.29. The van der Waals surface area contributed by atoms with Crippen LogP contribution in [-0.2, 0) is 6.54 Å². The van der Waals surface area contributed by atoms with Gasteiger partial charge in [-0.25, -0.2) is 9.18 Å². The van der Waals surface area contributed by atoms with Crippen LogP contribution < -0.4 is 5.32 Å². The molecule has 1 unspecified atom stereocenters. The summed E-state index contributed by atoms with van der Waals surface area (Å²) in [5.41, 5.74) is 3.80. The first kappa shape index (κ1) is 15.4. The second-order valence-corrected chi connectivity index (χ2v) is 6.17. The molecule has 3 aromatic rings. The van der Waals surface area contributed by atoms with Gasteiger partial charge in [-0.2, -0.15) is 0 Å². The molecule has 1 aliphatic heterocycles. The third-order valence-electron chi connectivity index (χ3n) is 4.62. The van der Waals surface area contributed by atoms with E-state index in [1.54, 1.807) is 17.0 Å². The maximum atomic E-state index is 13.1. The molecule has 0 fully saturated rings. The maximum Gasteiger partial charge on any atom is 0.322 e. The number of hydrogen-bond acceptors (Lipinski definition) is 1. The topological polar surface area (TPSA) is 37.3 Å². The van der Waals surface area contributed by atoms with Gasteiger partial charge in [0.2, 0.25) is 0 Å². The zero-order valence-corrected chi connectivity index (χ0v) is 13.8. The van der Waals surface area contributed by atoms with Crippen molar-refractivity contribution < 1.29 is 9.18 Å². The van der Waals surface area contributed by atoms with Crippen molar-refractivity contribution >= 4 is 11.7 Å². The van der Waals surface area contributed by atoms with Gasteiger partial charge in [0, 0.05) is 17.6 Å². The molecule has 2 heterocycles. The minimum absolute atomic E-state index is 0.0946. The summed E-state index contributed by atoms with van der Waals surface area (Å²) >= 11 is 0. The molecular formula is C20H18FN3O. The van der Waals surface area contributed by atoms with Gasteiger partial charge in [0.1, 0.15) is 5.82 Å². The maximum absolute atomic E-state index is 13.1. The number of rotatable bonds is 1. The van der Waals surface area contributed by atoms with Crippen LogP contribution in [-0.4, -0.2) is 15.5 Å². The van der Waals surface area contributed by atoms with Crippen molar-refractivity contribution in [1.82, 2.24) is 9.47 Å². The lowest BCUT2D eigenvalue weighted by molar-refractivity contribution is 0.189. The first-order valence-corrected chi connectivity index (χ1v) is 8.22. The molecule has 1 atom stereocenters. The Morgan fingerprint density at radius 2 is 1.84 bits per heavy atom. The highest BCUT2D eigenvalue weighted by Crippen LogP contribution is 2.32. The molecule has 4 rings (SSSR count). The van der Waals surface area contributed by atoms with Crippen molar-refractivity contribution in [2.75, 3.05) is 5.32 Å². The number of anilines is 1. The average Bonchev–Trinajstić information content (AvgIpc) is 3.07. The van der Waals surface area contributed by atoms with E-state index in [0.29, 0.717) is 12.2 Å². The number of urea groups is 1. The Bertz CT molecular complexity index is 917. The summed E-state index contributed by atoms with van der Waals surface area (Å²) in [5.74, 6) is -0.326. The van der Waals surface area contributed by atoms with Gasteiger partial charge in [-0.3, -0.25) is 0 Å². The number of carbonyl (C=O) groups excluding carboxylic acids is 1. The Labute approximate surface area is 145 Å². The molecule has 1 aromatic heterocycles. The van der Waals surface area contributed by atoms with E-state index in [2.05, 4.69) is 16.0 Å². The summed E-state index contributed by atoms with van der Waals surface area (Å²) in [4.78, 5) is 14.7. The van der Waals surface area contributed by atoms with Gasteiger partial charge in [-0.15, -0.1) is 0 Å². The highest BCUT2D eigenvalue weighted by molar-refractivity contribution is 5.89. The fraction of sp³-hybridized carbons (Fsp3) is 0.150. The van der Waals surface area contributed by atoms with Crippen molar-refractivity contribution in [3.05, 3.63) is 83.9 Å². The number of aromatic nitrogens is 1. The number of halogens is 1. The van der Waals surface area contributed by atoms with Crippen molar-refractivity contribution in [3.8, 4) is 5.69 Å². The zero-order chi connectivity index (χ0) is 17.4. The number of nitrogens with zero attached hydrogens (tertiary/aromatic N) is 2. The molecule has 2 aromatic carbocycles. The number of hydrogen-bond donors (Lipinski definition) is 1. The first-order valence-electron chi connectivity index (χ1n) is 8.22. The number of para-hydroxylation sites is 1. The molecule has 0 saturated heterocycles. The van der Waals surface area contributed by atoms with E-state index in [-0.39, 0.29) is 17.9 Å². The quantitative estimate of drug-likeness (QED) is 0.686. The minimum Gasteiger partial charge on any atom is -0.318 e. The lowest BCUT2D eigenvalue weighted by Gasteiger charge is -2.27. The third-order valence-corrected chi connectivity index (χ3v) is 4.62. The molecule has 0 bridgehead atoms. The SMILES string of the molecule is CC1c2cccn2-c2ccccc2CN1C(=O)Nc1ccc(F)cc1. The second-order valence-electron chi connectivity index (χ2n) is 6.17. The lowest BCUT2D eigenvalue weighted by Crippen LogP contribution is -2.36. The Kier molecular flexibility index (Phi) is 3.76. The van der Waals surface area contributed by atoms with Gasteiger partial charge >= 0.3 is 6.03 Å². The van der Waals surface area contributed by atoms with Crippen LogP contribution in [0.5, 0.6) is 0 Å². The molecular weight excluding hydrogens is 317 g/mol. The van der Waals surface area contributed by atoms with Crippen LogP contribution in [0.4, 0.5) is 14.9 Å². The molecule has 2 amide bonds. The molecule has 0 spiro atoms. The normalized spacial score (nSPS) is 15.9. The predicted octanol–water partition coefficient (Wildman–Crippen LogP) is 4.73. The largest absolute Gasteiger partial charge is 0.322 e. The molecule has 1 aliphatic rings. The van der Waals surface area contributed by atoms with Crippen molar-refractivity contribution in [3.63, 3.8) is 0 Å². The molecule has 25 heavy (non-hydrogen) atoms. The highest BCUT2D eigenvalue weighted by Gasteiger charge is 2.28. The van der Waals surface area contributed by atoms with E-state index in [9.17, 15) is 9.18 Å². The number of amides is 2. The molecule has 0 aliphatic carbocycles. The van der Waals surface area contributed by atoms with Gasteiger partial charge in [0.05, 0.1) is 18.3 Å². The lowest BCUT2D eigenvalue weighted by atomic mass is 10.1. The summed E-state index contributed by atoms with van der Waals surface area (Å²) in [6.45, 7) is 2.52. The highest BCUT2D eigenvalue weighted by atomic mass is 19.1. The van der Waals surface area contributed by atoms with Crippen molar-refractivity contribution in [2.24, 2.45) is 0 Å². The van der Waals surface area contributed by atoms with E-state index in [1.807, 2.05) is 43.5 Å².